The van der Waals surface area contributed by atoms with Crippen molar-refractivity contribution < 1.29 is 4.39 Å². The van der Waals surface area contributed by atoms with Crippen molar-refractivity contribution in [3.63, 3.8) is 0 Å². The van der Waals surface area contributed by atoms with Crippen molar-refractivity contribution in [2.24, 2.45) is 0 Å². The van der Waals surface area contributed by atoms with Gasteiger partial charge in [0.1, 0.15) is 5.82 Å². The molecule has 2 N–H and O–H groups in total. The molecule has 0 spiro atoms. The van der Waals surface area contributed by atoms with Crippen LogP contribution in [0.3, 0.4) is 0 Å². The molecule has 20 heavy (non-hydrogen) atoms. The van der Waals surface area contributed by atoms with Gasteiger partial charge in [-0.15, -0.1) is 0 Å². The second-order valence-electron chi connectivity index (χ2n) is 4.83. The molecule has 2 aromatic carbocycles. The lowest BCUT2D eigenvalue weighted by atomic mass is 10.1. The van der Waals surface area contributed by atoms with Crippen LogP contribution in [0.2, 0.25) is 0 Å². The molecule has 0 bridgehead atoms. The van der Waals surface area contributed by atoms with Crippen molar-refractivity contribution in [2.75, 3.05) is 5.73 Å². The summed E-state index contributed by atoms with van der Waals surface area (Å²) in [5, 5.41) is 0. The summed E-state index contributed by atoms with van der Waals surface area (Å²) in [5.74, 6) is 0.0468. The van der Waals surface area contributed by atoms with E-state index in [9.17, 15) is 4.39 Å². The van der Waals surface area contributed by atoms with Gasteiger partial charge in [-0.3, -0.25) is 4.57 Å². The monoisotopic (exact) mass is 333 g/mol. The predicted molar refractivity (Wildman–Crippen MR) is 82.6 cm³/mol. The summed E-state index contributed by atoms with van der Waals surface area (Å²) in [5.41, 5.74) is 10.5. The van der Waals surface area contributed by atoms with Crippen LogP contribution in [0.5, 0.6) is 0 Å². The van der Waals surface area contributed by atoms with E-state index in [0.717, 1.165) is 26.8 Å². The van der Waals surface area contributed by atoms with E-state index in [2.05, 4.69) is 20.9 Å². The first-order valence-corrected chi connectivity index (χ1v) is 6.97. The van der Waals surface area contributed by atoms with E-state index in [-0.39, 0.29) is 5.82 Å². The number of hydrogen-bond donors (Lipinski definition) is 1. The molecule has 0 radical (unpaired) electrons. The van der Waals surface area contributed by atoms with Crippen LogP contribution in [-0.2, 0) is 0 Å². The molecule has 0 saturated heterocycles. The molecule has 0 atom stereocenters. The van der Waals surface area contributed by atoms with E-state index < -0.39 is 0 Å². The first-order valence-electron chi connectivity index (χ1n) is 6.18. The SMILES string of the molecule is Cc1cc(Br)cc(C)c1-n1c(N)nc2cc(F)ccc21. The number of nitrogens with two attached hydrogens (primary N) is 1. The number of fused-ring (bicyclic) bond motifs is 1. The van der Waals surface area contributed by atoms with E-state index in [1.807, 2.05) is 30.5 Å². The highest BCUT2D eigenvalue weighted by Gasteiger charge is 2.14. The molecule has 3 rings (SSSR count). The van der Waals surface area contributed by atoms with Crippen LogP contribution in [0.1, 0.15) is 11.1 Å². The van der Waals surface area contributed by atoms with Crippen LogP contribution in [0.25, 0.3) is 16.7 Å². The van der Waals surface area contributed by atoms with Gasteiger partial charge in [-0.1, -0.05) is 15.9 Å². The normalized spacial score (nSPS) is 11.2. The number of aryl methyl sites for hydroxylation is 2. The van der Waals surface area contributed by atoms with Gasteiger partial charge in [-0.25, -0.2) is 9.37 Å². The number of imidazole rings is 1. The third-order valence-corrected chi connectivity index (χ3v) is 3.78. The molecule has 3 nitrogen and oxygen atoms in total. The predicted octanol–water partition coefficient (Wildman–Crippen LogP) is 4.13. The van der Waals surface area contributed by atoms with Crippen molar-refractivity contribution in [1.29, 1.82) is 0 Å². The van der Waals surface area contributed by atoms with Crippen molar-refractivity contribution >= 4 is 32.9 Å². The number of anilines is 1. The highest BCUT2D eigenvalue weighted by Crippen LogP contribution is 2.30. The minimum Gasteiger partial charge on any atom is -0.369 e. The van der Waals surface area contributed by atoms with E-state index in [1.165, 1.54) is 12.1 Å². The van der Waals surface area contributed by atoms with Gasteiger partial charge < -0.3 is 5.73 Å². The first-order chi connectivity index (χ1) is 9.47. The molecule has 102 valence electrons. The van der Waals surface area contributed by atoms with E-state index >= 15 is 0 Å². The Labute approximate surface area is 124 Å². The first kappa shape index (κ1) is 13.1. The van der Waals surface area contributed by atoms with Gasteiger partial charge in [-0.2, -0.15) is 0 Å². The highest BCUT2D eigenvalue weighted by atomic mass is 79.9. The Kier molecular flexibility index (Phi) is 3.01. The molecule has 3 aromatic rings. The number of halogens is 2. The number of rotatable bonds is 1. The van der Waals surface area contributed by atoms with Crippen LogP contribution in [0, 0.1) is 19.7 Å². The van der Waals surface area contributed by atoms with Crippen molar-refractivity contribution in [1.82, 2.24) is 9.55 Å². The largest absolute Gasteiger partial charge is 0.369 e. The quantitative estimate of drug-likeness (QED) is 0.727. The van der Waals surface area contributed by atoms with Crippen molar-refractivity contribution in [2.45, 2.75) is 13.8 Å². The highest BCUT2D eigenvalue weighted by molar-refractivity contribution is 9.10. The summed E-state index contributed by atoms with van der Waals surface area (Å²) in [6.45, 7) is 4.03. The molecule has 1 heterocycles. The Morgan fingerprint density at radius 3 is 2.45 bits per heavy atom. The Hall–Kier alpha value is -1.88. The second kappa shape index (κ2) is 4.59. The Bertz CT molecular complexity index is 800. The third kappa shape index (κ3) is 1.98. The summed E-state index contributed by atoms with van der Waals surface area (Å²) in [7, 11) is 0. The number of aromatic nitrogens is 2. The maximum Gasteiger partial charge on any atom is 0.205 e. The summed E-state index contributed by atoms with van der Waals surface area (Å²) < 4.78 is 16.2. The van der Waals surface area contributed by atoms with Crippen molar-refractivity contribution in [3.05, 3.63) is 51.7 Å². The zero-order chi connectivity index (χ0) is 14.4. The molecule has 5 heteroatoms. The minimum absolute atomic E-state index is 0.314. The number of hydrogen-bond acceptors (Lipinski definition) is 2. The van der Waals surface area contributed by atoms with E-state index in [1.54, 1.807) is 6.07 Å². The Balaban J connectivity index is 2.38. The zero-order valence-corrected chi connectivity index (χ0v) is 12.7. The summed E-state index contributed by atoms with van der Waals surface area (Å²) >= 11 is 3.48. The zero-order valence-electron chi connectivity index (χ0n) is 11.1. The van der Waals surface area contributed by atoms with Crippen LogP contribution >= 0.6 is 15.9 Å². The lowest BCUT2D eigenvalue weighted by Crippen LogP contribution is -2.04. The maximum atomic E-state index is 13.3. The molecule has 0 aliphatic carbocycles. The van der Waals surface area contributed by atoms with Gasteiger partial charge in [0.05, 0.1) is 16.7 Å². The summed E-state index contributed by atoms with van der Waals surface area (Å²) in [4.78, 5) is 4.24. The summed E-state index contributed by atoms with van der Waals surface area (Å²) in [6, 6.07) is 8.57. The Morgan fingerprint density at radius 2 is 1.80 bits per heavy atom. The van der Waals surface area contributed by atoms with Gasteiger partial charge in [0, 0.05) is 10.5 Å². The lowest BCUT2D eigenvalue weighted by molar-refractivity contribution is 0.629. The maximum absolute atomic E-state index is 13.3. The van der Waals surface area contributed by atoms with Gasteiger partial charge in [0.15, 0.2) is 0 Å². The fourth-order valence-electron chi connectivity index (χ4n) is 2.56. The minimum atomic E-state index is -0.314. The lowest BCUT2D eigenvalue weighted by Gasteiger charge is -2.14. The smallest absolute Gasteiger partial charge is 0.205 e. The van der Waals surface area contributed by atoms with E-state index in [4.69, 9.17) is 5.73 Å². The number of benzene rings is 2. The summed E-state index contributed by atoms with van der Waals surface area (Å²) in [6.07, 6.45) is 0. The third-order valence-electron chi connectivity index (χ3n) is 3.32. The average Bonchev–Trinajstić information content (AvgIpc) is 2.64. The molecular formula is C15H13BrFN3. The standard InChI is InChI=1S/C15H13BrFN3/c1-8-5-10(16)6-9(2)14(8)20-13-4-3-11(17)7-12(13)19-15(20)18/h3-7H,1-2H3,(H2,18,19). The molecule has 0 aliphatic rings. The number of nitrogen functional groups attached to an aromatic ring is 1. The molecule has 0 aliphatic heterocycles. The molecular weight excluding hydrogens is 321 g/mol. The van der Waals surface area contributed by atoms with Gasteiger partial charge in [0.2, 0.25) is 5.95 Å². The molecule has 0 amide bonds. The van der Waals surface area contributed by atoms with Crippen LogP contribution < -0.4 is 5.73 Å². The topological polar surface area (TPSA) is 43.8 Å². The van der Waals surface area contributed by atoms with Crippen LogP contribution in [-0.4, -0.2) is 9.55 Å². The molecule has 0 unspecified atom stereocenters. The van der Waals surface area contributed by atoms with Crippen LogP contribution in [0.4, 0.5) is 10.3 Å². The fourth-order valence-corrected chi connectivity index (χ4v) is 3.25. The van der Waals surface area contributed by atoms with Gasteiger partial charge in [0.25, 0.3) is 0 Å². The molecule has 1 aromatic heterocycles. The molecule has 0 fully saturated rings. The van der Waals surface area contributed by atoms with Crippen LogP contribution in [0.15, 0.2) is 34.8 Å². The number of nitrogens with zero attached hydrogens (tertiary/aromatic N) is 2. The van der Waals surface area contributed by atoms with Crippen molar-refractivity contribution in [3.8, 4) is 5.69 Å². The van der Waals surface area contributed by atoms with Gasteiger partial charge in [-0.05, 0) is 49.2 Å². The van der Waals surface area contributed by atoms with E-state index in [0.29, 0.717) is 11.5 Å². The fraction of sp³-hybridized carbons (Fsp3) is 0.133. The average molecular weight is 334 g/mol. The molecule has 0 saturated carbocycles. The van der Waals surface area contributed by atoms with Gasteiger partial charge >= 0.3 is 0 Å². The second-order valence-corrected chi connectivity index (χ2v) is 5.74. The Morgan fingerprint density at radius 1 is 1.15 bits per heavy atom.